The lowest BCUT2D eigenvalue weighted by Crippen LogP contribution is -2.17. The average molecular weight is 319 g/mol. The predicted molar refractivity (Wildman–Crippen MR) is 80.7 cm³/mol. The van der Waals surface area contributed by atoms with Crippen LogP contribution in [0, 0.1) is 0 Å². The molecule has 1 aliphatic heterocycles. The maximum atomic E-state index is 11.9. The summed E-state index contributed by atoms with van der Waals surface area (Å²) in [7, 11) is 0. The third-order valence-corrected chi connectivity index (χ3v) is 3.21. The first-order valence-electron chi connectivity index (χ1n) is 6.35. The van der Waals surface area contributed by atoms with Crippen LogP contribution in [0.5, 0.6) is 17.2 Å². The number of ether oxygens (including phenoxy) is 2. The van der Waals surface area contributed by atoms with Crippen LogP contribution < -0.4 is 14.9 Å². The Hall–Kier alpha value is -2.73. The summed E-state index contributed by atoms with van der Waals surface area (Å²) in [5.41, 5.74) is 3.11. The van der Waals surface area contributed by atoms with Gasteiger partial charge in [0.05, 0.1) is 11.8 Å². The maximum absolute atomic E-state index is 11.9. The van der Waals surface area contributed by atoms with Crippen molar-refractivity contribution >= 4 is 23.7 Å². The molecule has 112 valence electrons. The van der Waals surface area contributed by atoms with Gasteiger partial charge in [0.2, 0.25) is 6.79 Å². The quantitative estimate of drug-likeness (QED) is 0.673. The second kappa shape index (κ2) is 5.95. The summed E-state index contributed by atoms with van der Waals surface area (Å²) in [4.78, 5) is 11.9. The molecule has 0 aliphatic carbocycles. The highest BCUT2D eigenvalue weighted by Gasteiger charge is 2.13. The number of amides is 1. The van der Waals surface area contributed by atoms with Gasteiger partial charge in [-0.25, -0.2) is 5.43 Å². The molecule has 1 amide bonds. The smallest absolute Gasteiger partial charge is 0.275 e. The number of rotatable bonds is 3. The number of phenols is 1. The van der Waals surface area contributed by atoms with Gasteiger partial charge in [-0.2, -0.15) is 5.10 Å². The summed E-state index contributed by atoms with van der Waals surface area (Å²) >= 11 is 5.79. The Labute approximate surface area is 130 Å². The number of hydrogen-bond donors (Lipinski definition) is 2. The number of aromatic hydroxyl groups is 1. The SMILES string of the molecule is O=C(N/N=C/c1ccc2c(c1)OCO2)c1cc(Cl)ccc1O. The molecule has 0 atom stereocenters. The van der Waals surface area contributed by atoms with Crippen molar-refractivity contribution in [2.45, 2.75) is 0 Å². The summed E-state index contributed by atoms with van der Waals surface area (Å²) in [5.74, 6) is 0.574. The van der Waals surface area contributed by atoms with Crippen molar-refractivity contribution in [2.24, 2.45) is 5.10 Å². The van der Waals surface area contributed by atoms with Gasteiger partial charge in [0.25, 0.3) is 5.91 Å². The van der Waals surface area contributed by atoms with E-state index in [1.165, 1.54) is 24.4 Å². The van der Waals surface area contributed by atoms with Crippen molar-refractivity contribution in [2.75, 3.05) is 6.79 Å². The fraction of sp³-hybridized carbons (Fsp3) is 0.0667. The molecule has 22 heavy (non-hydrogen) atoms. The molecule has 7 heteroatoms. The fourth-order valence-electron chi connectivity index (χ4n) is 1.91. The summed E-state index contributed by atoms with van der Waals surface area (Å²) in [5, 5.41) is 13.8. The second-order valence-electron chi connectivity index (χ2n) is 4.47. The van der Waals surface area contributed by atoms with E-state index in [-0.39, 0.29) is 18.1 Å². The Morgan fingerprint density at radius 3 is 2.91 bits per heavy atom. The molecule has 0 bridgehead atoms. The highest BCUT2D eigenvalue weighted by atomic mass is 35.5. The number of carbonyl (C=O) groups is 1. The Bertz CT molecular complexity index is 761. The van der Waals surface area contributed by atoms with Gasteiger partial charge in [0.15, 0.2) is 11.5 Å². The number of carbonyl (C=O) groups excluding carboxylic acids is 1. The molecule has 0 fully saturated rings. The Balaban J connectivity index is 1.69. The average Bonchev–Trinajstić information content (AvgIpc) is 2.97. The topological polar surface area (TPSA) is 80.2 Å². The number of fused-ring (bicyclic) bond motifs is 1. The first-order chi connectivity index (χ1) is 10.6. The third kappa shape index (κ3) is 2.96. The second-order valence-corrected chi connectivity index (χ2v) is 4.91. The minimum atomic E-state index is -0.558. The monoisotopic (exact) mass is 318 g/mol. The van der Waals surface area contributed by atoms with Gasteiger partial charge in [-0.3, -0.25) is 4.79 Å². The first kappa shape index (κ1) is 14.2. The maximum Gasteiger partial charge on any atom is 0.275 e. The van der Waals surface area contributed by atoms with E-state index in [1.54, 1.807) is 18.2 Å². The van der Waals surface area contributed by atoms with Crippen molar-refractivity contribution in [1.29, 1.82) is 0 Å². The summed E-state index contributed by atoms with van der Waals surface area (Å²) in [6.07, 6.45) is 1.46. The van der Waals surface area contributed by atoms with E-state index in [1.807, 2.05) is 0 Å². The minimum absolute atomic E-state index is 0.0512. The van der Waals surface area contributed by atoms with Gasteiger partial charge >= 0.3 is 0 Å². The molecule has 1 heterocycles. The summed E-state index contributed by atoms with van der Waals surface area (Å²) in [6, 6.07) is 9.48. The fourth-order valence-corrected chi connectivity index (χ4v) is 2.08. The molecule has 0 spiro atoms. The van der Waals surface area contributed by atoms with Gasteiger partial charge < -0.3 is 14.6 Å². The number of phenolic OH excluding ortho intramolecular Hbond substituents is 1. The number of benzene rings is 2. The lowest BCUT2D eigenvalue weighted by Gasteiger charge is -2.03. The molecule has 2 aromatic rings. The van der Waals surface area contributed by atoms with Gasteiger partial charge in [-0.15, -0.1) is 0 Å². The Morgan fingerprint density at radius 2 is 2.05 bits per heavy atom. The minimum Gasteiger partial charge on any atom is -0.507 e. The standard InChI is InChI=1S/C15H11ClN2O4/c16-10-2-3-12(19)11(6-10)15(20)18-17-7-9-1-4-13-14(5-9)22-8-21-13/h1-7,19H,8H2,(H,18,20)/b17-7+. The molecule has 0 unspecified atom stereocenters. The van der Waals surface area contributed by atoms with E-state index in [4.69, 9.17) is 21.1 Å². The first-order valence-corrected chi connectivity index (χ1v) is 6.73. The molecule has 0 aromatic heterocycles. The molecule has 3 rings (SSSR count). The number of hydrazone groups is 1. The Kier molecular flexibility index (Phi) is 3.84. The van der Waals surface area contributed by atoms with Crippen LogP contribution in [-0.4, -0.2) is 24.0 Å². The van der Waals surface area contributed by atoms with Crippen molar-refractivity contribution in [1.82, 2.24) is 5.43 Å². The van der Waals surface area contributed by atoms with Crippen LogP contribution in [0.2, 0.25) is 5.02 Å². The zero-order chi connectivity index (χ0) is 15.5. The lowest BCUT2D eigenvalue weighted by molar-refractivity contribution is 0.0952. The number of nitrogens with zero attached hydrogens (tertiary/aromatic N) is 1. The zero-order valence-electron chi connectivity index (χ0n) is 11.2. The normalized spacial score (nSPS) is 12.6. The van der Waals surface area contributed by atoms with E-state index in [2.05, 4.69) is 10.5 Å². The molecule has 0 radical (unpaired) electrons. The molecule has 0 saturated carbocycles. The zero-order valence-corrected chi connectivity index (χ0v) is 12.0. The van der Waals surface area contributed by atoms with Crippen molar-refractivity contribution < 1.29 is 19.4 Å². The van der Waals surface area contributed by atoms with Crippen LogP contribution in [0.15, 0.2) is 41.5 Å². The molecule has 1 aliphatic rings. The van der Waals surface area contributed by atoms with Crippen molar-refractivity contribution in [3.63, 3.8) is 0 Å². The van der Waals surface area contributed by atoms with E-state index >= 15 is 0 Å². The van der Waals surface area contributed by atoms with Crippen molar-refractivity contribution in [3.05, 3.63) is 52.5 Å². The van der Waals surface area contributed by atoms with Gasteiger partial charge in [-0.05, 0) is 42.0 Å². The molecule has 6 nitrogen and oxygen atoms in total. The van der Waals surface area contributed by atoms with E-state index < -0.39 is 5.91 Å². The van der Waals surface area contributed by atoms with E-state index in [0.717, 1.165) is 5.56 Å². The molecule has 2 N–H and O–H groups in total. The number of nitrogens with one attached hydrogen (secondary N) is 1. The van der Waals surface area contributed by atoms with Crippen LogP contribution in [0.1, 0.15) is 15.9 Å². The van der Waals surface area contributed by atoms with Crippen LogP contribution >= 0.6 is 11.6 Å². The van der Waals surface area contributed by atoms with Crippen LogP contribution in [0.3, 0.4) is 0 Å². The lowest BCUT2D eigenvalue weighted by atomic mass is 10.2. The summed E-state index contributed by atoms with van der Waals surface area (Å²) < 4.78 is 10.4. The van der Waals surface area contributed by atoms with Gasteiger partial charge in [-0.1, -0.05) is 11.6 Å². The predicted octanol–water partition coefficient (Wildman–Crippen LogP) is 2.54. The highest BCUT2D eigenvalue weighted by Crippen LogP contribution is 2.31. The highest BCUT2D eigenvalue weighted by molar-refractivity contribution is 6.31. The summed E-state index contributed by atoms with van der Waals surface area (Å²) in [6.45, 7) is 0.195. The number of halogens is 1. The van der Waals surface area contributed by atoms with E-state index in [9.17, 15) is 9.90 Å². The van der Waals surface area contributed by atoms with E-state index in [0.29, 0.717) is 16.5 Å². The van der Waals surface area contributed by atoms with Crippen LogP contribution in [-0.2, 0) is 0 Å². The van der Waals surface area contributed by atoms with Crippen LogP contribution in [0.25, 0.3) is 0 Å². The number of hydrogen-bond acceptors (Lipinski definition) is 5. The third-order valence-electron chi connectivity index (χ3n) is 2.98. The van der Waals surface area contributed by atoms with Gasteiger partial charge in [0, 0.05) is 5.02 Å². The molecule has 2 aromatic carbocycles. The van der Waals surface area contributed by atoms with Gasteiger partial charge in [0.1, 0.15) is 5.75 Å². The van der Waals surface area contributed by atoms with Crippen molar-refractivity contribution in [3.8, 4) is 17.2 Å². The Morgan fingerprint density at radius 1 is 1.23 bits per heavy atom. The van der Waals surface area contributed by atoms with Crippen LogP contribution in [0.4, 0.5) is 0 Å². The molecular formula is C15H11ClN2O4. The largest absolute Gasteiger partial charge is 0.507 e. The molecule has 0 saturated heterocycles. The molecular weight excluding hydrogens is 308 g/mol.